The second-order valence-electron chi connectivity index (χ2n) is 3.37. The Morgan fingerprint density at radius 2 is 1.85 bits per heavy atom. The molecule has 2 nitrogen and oxygen atoms in total. The van der Waals surface area contributed by atoms with Crippen LogP contribution >= 0.6 is 0 Å². The summed E-state index contributed by atoms with van der Waals surface area (Å²) >= 11 is 0. The molecule has 0 spiro atoms. The number of alkyl halides is 3. The Morgan fingerprint density at radius 3 is 2.23 bits per heavy atom. The Hall–Kier alpha value is -0.290. The van der Waals surface area contributed by atoms with Gasteiger partial charge in [-0.2, -0.15) is 13.2 Å². The lowest BCUT2D eigenvalue weighted by Crippen LogP contribution is -2.32. The van der Waals surface area contributed by atoms with E-state index in [1.54, 1.807) is 0 Å². The Morgan fingerprint density at radius 1 is 1.31 bits per heavy atom. The van der Waals surface area contributed by atoms with E-state index in [0.717, 1.165) is 0 Å². The van der Waals surface area contributed by atoms with Gasteiger partial charge in [-0.05, 0) is 6.42 Å². The van der Waals surface area contributed by atoms with Crippen LogP contribution in [0.5, 0.6) is 0 Å². The highest BCUT2D eigenvalue weighted by atomic mass is 19.4. The second kappa shape index (κ2) is 5.44. The zero-order chi connectivity index (χ0) is 10.5. The van der Waals surface area contributed by atoms with E-state index in [1.807, 2.05) is 13.8 Å². The molecule has 0 aliphatic heterocycles. The van der Waals surface area contributed by atoms with Gasteiger partial charge in [-0.1, -0.05) is 13.8 Å². The van der Waals surface area contributed by atoms with Crippen molar-refractivity contribution in [1.29, 1.82) is 0 Å². The maximum Gasteiger partial charge on any atom is 0.389 e. The molecule has 0 saturated carbocycles. The van der Waals surface area contributed by atoms with Crippen LogP contribution in [0.4, 0.5) is 13.2 Å². The van der Waals surface area contributed by atoms with Crippen molar-refractivity contribution in [3.05, 3.63) is 0 Å². The SMILES string of the molecule is CC(C)NCC(O)CCC(F)(F)F. The summed E-state index contributed by atoms with van der Waals surface area (Å²) in [5, 5.41) is 12.0. The number of halogens is 3. The molecule has 0 aromatic rings. The number of rotatable bonds is 5. The third-order valence-electron chi connectivity index (χ3n) is 1.52. The monoisotopic (exact) mass is 199 g/mol. The molecule has 0 radical (unpaired) electrons. The highest BCUT2D eigenvalue weighted by Gasteiger charge is 2.27. The third-order valence-corrected chi connectivity index (χ3v) is 1.52. The maximum atomic E-state index is 11.7. The van der Waals surface area contributed by atoms with Gasteiger partial charge < -0.3 is 10.4 Å². The molecule has 1 unspecified atom stereocenters. The van der Waals surface area contributed by atoms with Gasteiger partial charge >= 0.3 is 6.18 Å². The lowest BCUT2D eigenvalue weighted by molar-refractivity contribution is -0.139. The van der Waals surface area contributed by atoms with Crippen LogP contribution in [-0.4, -0.2) is 30.0 Å². The molecule has 0 amide bonds. The molecule has 0 aromatic carbocycles. The number of aliphatic hydroxyl groups excluding tert-OH is 1. The van der Waals surface area contributed by atoms with Crippen LogP contribution in [0.3, 0.4) is 0 Å². The highest BCUT2D eigenvalue weighted by Crippen LogP contribution is 2.21. The summed E-state index contributed by atoms with van der Waals surface area (Å²) < 4.78 is 35.0. The quantitative estimate of drug-likeness (QED) is 0.706. The van der Waals surface area contributed by atoms with Gasteiger partial charge in [-0.15, -0.1) is 0 Å². The lowest BCUT2D eigenvalue weighted by Gasteiger charge is -2.14. The number of hydrogen-bond acceptors (Lipinski definition) is 2. The van der Waals surface area contributed by atoms with Crippen molar-refractivity contribution in [2.24, 2.45) is 0 Å². The minimum absolute atomic E-state index is 0.181. The van der Waals surface area contributed by atoms with Crippen LogP contribution in [0.15, 0.2) is 0 Å². The molecule has 1 atom stereocenters. The minimum Gasteiger partial charge on any atom is -0.392 e. The fourth-order valence-electron chi connectivity index (χ4n) is 0.804. The van der Waals surface area contributed by atoms with E-state index in [0.29, 0.717) is 0 Å². The van der Waals surface area contributed by atoms with Crippen molar-refractivity contribution >= 4 is 0 Å². The lowest BCUT2D eigenvalue weighted by atomic mass is 10.2. The zero-order valence-corrected chi connectivity index (χ0v) is 7.86. The maximum absolute atomic E-state index is 11.7. The number of nitrogens with one attached hydrogen (secondary N) is 1. The van der Waals surface area contributed by atoms with Crippen LogP contribution in [0, 0.1) is 0 Å². The van der Waals surface area contributed by atoms with E-state index >= 15 is 0 Å². The Bertz CT molecular complexity index is 136. The summed E-state index contributed by atoms with van der Waals surface area (Å²) in [6.45, 7) is 3.96. The summed E-state index contributed by atoms with van der Waals surface area (Å²) in [6.07, 6.45) is -6.24. The predicted molar refractivity (Wildman–Crippen MR) is 44.4 cm³/mol. The van der Waals surface area contributed by atoms with Gasteiger partial charge in [-0.3, -0.25) is 0 Å². The highest BCUT2D eigenvalue weighted by molar-refractivity contribution is 4.64. The molecule has 0 rings (SSSR count). The van der Waals surface area contributed by atoms with Crippen molar-refractivity contribution in [3.63, 3.8) is 0 Å². The van der Waals surface area contributed by atoms with Gasteiger partial charge in [0.1, 0.15) is 0 Å². The van der Waals surface area contributed by atoms with Crippen LogP contribution in [0.1, 0.15) is 26.7 Å². The first-order valence-corrected chi connectivity index (χ1v) is 4.29. The van der Waals surface area contributed by atoms with E-state index in [1.165, 1.54) is 0 Å². The van der Waals surface area contributed by atoms with Gasteiger partial charge in [0.25, 0.3) is 0 Å². The third kappa shape index (κ3) is 9.63. The summed E-state index contributed by atoms with van der Waals surface area (Å²) in [5.74, 6) is 0. The summed E-state index contributed by atoms with van der Waals surface area (Å²) in [4.78, 5) is 0. The molecule has 0 saturated heterocycles. The molecule has 5 heteroatoms. The topological polar surface area (TPSA) is 32.3 Å². The number of hydrogen-bond donors (Lipinski definition) is 2. The first-order valence-electron chi connectivity index (χ1n) is 4.29. The van der Waals surface area contributed by atoms with Crippen molar-refractivity contribution in [1.82, 2.24) is 5.32 Å². The van der Waals surface area contributed by atoms with Crippen molar-refractivity contribution in [2.75, 3.05) is 6.54 Å². The van der Waals surface area contributed by atoms with Crippen LogP contribution < -0.4 is 5.32 Å². The molecule has 0 aliphatic carbocycles. The van der Waals surface area contributed by atoms with E-state index in [-0.39, 0.29) is 19.0 Å². The molecule has 80 valence electrons. The van der Waals surface area contributed by atoms with E-state index in [2.05, 4.69) is 5.32 Å². The van der Waals surface area contributed by atoms with Crippen LogP contribution in [-0.2, 0) is 0 Å². The van der Waals surface area contributed by atoms with Crippen molar-refractivity contribution in [2.45, 2.75) is 45.0 Å². The van der Waals surface area contributed by atoms with Gasteiger partial charge in [0, 0.05) is 19.0 Å². The summed E-state index contributed by atoms with van der Waals surface area (Å²) in [7, 11) is 0. The normalized spacial score (nSPS) is 15.0. The van der Waals surface area contributed by atoms with Crippen molar-refractivity contribution in [3.8, 4) is 0 Å². The van der Waals surface area contributed by atoms with E-state index in [4.69, 9.17) is 5.11 Å². The Labute approximate surface area is 76.1 Å². The fourth-order valence-corrected chi connectivity index (χ4v) is 0.804. The van der Waals surface area contributed by atoms with Gasteiger partial charge in [0.2, 0.25) is 0 Å². The molecule has 0 aliphatic rings. The largest absolute Gasteiger partial charge is 0.392 e. The molecule has 2 N–H and O–H groups in total. The molecule has 13 heavy (non-hydrogen) atoms. The van der Waals surface area contributed by atoms with Crippen LogP contribution in [0.2, 0.25) is 0 Å². The smallest absolute Gasteiger partial charge is 0.389 e. The summed E-state index contributed by atoms with van der Waals surface area (Å²) in [6, 6.07) is 0.181. The molecular weight excluding hydrogens is 183 g/mol. The second-order valence-corrected chi connectivity index (χ2v) is 3.37. The fraction of sp³-hybridized carbons (Fsp3) is 1.00. The van der Waals surface area contributed by atoms with E-state index in [9.17, 15) is 13.2 Å². The Kier molecular flexibility index (Phi) is 5.32. The van der Waals surface area contributed by atoms with Gasteiger partial charge in [-0.25, -0.2) is 0 Å². The molecule has 0 heterocycles. The molecule has 0 bridgehead atoms. The Balaban J connectivity index is 3.46. The predicted octanol–water partition coefficient (Wildman–Crippen LogP) is 1.69. The minimum atomic E-state index is -4.17. The molecule has 0 fully saturated rings. The van der Waals surface area contributed by atoms with Crippen molar-refractivity contribution < 1.29 is 18.3 Å². The van der Waals surface area contributed by atoms with E-state index < -0.39 is 18.7 Å². The number of aliphatic hydroxyl groups is 1. The standard InChI is InChI=1S/C8H16F3NO/c1-6(2)12-5-7(13)3-4-8(9,10)11/h6-7,12-13H,3-5H2,1-2H3. The van der Waals surface area contributed by atoms with Crippen LogP contribution in [0.25, 0.3) is 0 Å². The average molecular weight is 199 g/mol. The summed E-state index contributed by atoms with van der Waals surface area (Å²) in [5.41, 5.74) is 0. The first-order chi connectivity index (χ1) is 5.81. The zero-order valence-electron chi connectivity index (χ0n) is 7.86. The average Bonchev–Trinajstić information content (AvgIpc) is 1.95. The van der Waals surface area contributed by atoms with Gasteiger partial charge in [0.05, 0.1) is 6.10 Å². The molecule has 0 aromatic heterocycles. The van der Waals surface area contributed by atoms with Gasteiger partial charge in [0.15, 0.2) is 0 Å². The first kappa shape index (κ1) is 12.7. The molecular formula is C8H16F3NO.